The van der Waals surface area contributed by atoms with Crippen molar-refractivity contribution >= 4 is 60.9 Å². The van der Waals surface area contributed by atoms with E-state index in [4.69, 9.17) is 8.83 Å². The fraction of sp³-hybridized carbons (Fsp3) is 0.375. The lowest BCUT2D eigenvalue weighted by Crippen LogP contribution is -2.33. The number of anilines is 3. The maximum atomic E-state index is 7.65. The molecule has 3 nitrogen and oxygen atoms in total. The standard InChI is InChI=1S/C96H103NO2/c1-9-13-17-21-34-55-95(56-35-22-18-14-10-2)76-46-31-28-43-70(76)87-88-73-45-30-33-48-83(73)99-92(88)89-71-52-50-68(61-81(71)96(91(89)90(87)95,57-36-23-19-15-11-3)58-37-24-20-16-12-4)97(66-42-38-41-65(59-66)64-39-26-25-27-40-64)67-49-51-69-74-62-80-75(63-79(74)94(7,8)78(69)60-67)85-77(93(80,5)6)53-54-84-86(85)72-44-29-32-47-82(72)98-84/h25-33,38-54,59-63H,9-24,34-37,55-58H2,1-8H3. The fourth-order valence-corrected chi connectivity index (χ4v) is 19.8. The van der Waals surface area contributed by atoms with E-state index in [1.165, 1.54) is 263 Å². The van der Waals surface area contributed by atoms with Crippen LogP contribution in [0.2, 0.25) is 0 Å². The Balaban J connectivity index is 0.928. The summed E-state index contributed by atoms with van der Waals surface area (Å²) in [7, 11) is 0. The van der Waals surface area contributed by atoms with Crippen molar-refractivity contribution in [1.82, 2.24) is 0 Å². The minimum absolute atomic E-state index is 0.139. The number of hydrogen-bond donors (Lipinski definition) is 0. The minimum Gasteiger partial charge on any atom is -0.456 e. The molecule has 504 valence electrons. The van der Waals surface area contributed by atoms with Gasteiger partial charge in [0, 0.05) is 65.8 Å². The van der Waals surface area contributed by atoms with Crippen molar-refractivity contribution in [3.05, 3.63) is 233 Å². The molecule has 10 aromatic carbocycles. The third-order valence-electron chi connectivity index (χ3n) is 24.8. The highest BCUT2D eigenvalue weighted by Gasteiger charge is 2.54. The topological polar surface area (TPSA) is 29.5 Å². The van der Waals surface area contributed by atoms with Crippen molar-refractivity contribution < 1.29 is 8.83 Å². The molecular formula is C96H103NO2. The van der Waals surface area contributed by atoms with Crippen molar-refractivity contribution in [2.45, 2.75) is 231 Å². The summed E-state index contributed by atoms with van der Waals surface area (Å²) in [5, 5.41) is 5.02. The van der Waals surface area contributed by atoms with Crippen LogP contribution in [0, 0.1) is 0 Å². The molecule has 0 bridgehead atoms. The van der Waals surface area contributed by atoms with E-state index in [0.29, 0.717) is 0 Å². The molecule has 0 radical (unpaired) electrons. The summed E-state index contributed by atoms with van der Waals surface area (Å²) < 4.78 is 14.3. The summed E-state index contributed by atoms with van der Waals surface area (Å²) in [5.74, 6) is 0. The van der Waals surface area contributed by atoms with Gasteiger partial charge in [-0.15, -0.1) is 0 Å². The summed E-state index contributed by atoms with van der Waals surface area (Å²) >= 11 is 0. The molecule has 99 heavy (non-hydrogen) atoms. The lowest BCUT2D eigenvalue weighted by molar-refractivity contribution is 0.369. The van der Waals surface area contributed by atoms with Crippen molar-refractivity contribution in [2.75, 3.05) is 4.90 Å². The van der Waals surface area contributed by atoms with Gasteiger partial charge < -0.3 is 13.7 Å². The number of para-hydroxylation sites is 2. The third kappa shape index (κ3) is 10.7. The second-order valence-electron chi connectivity index (χ2n) is 31.5. The number of unbranched alkanes of at least 4 members (excludes halogenated alkanes) is 16. The van der Waals surface area contributed by atoms with Gasteiger partial charge in [-0.3, -0.25) is 0 Å². The molecule has 4 aliphatic carbocycles. The van der Waals surface area contributed by atoms with Crippen molar-refractivity contribution in [1.29, 1.82) is 0 Å². The Morgan fingerprint density at radius 2 is 0.768 bits per heavy atom. The first-order valence-electron chi connectivity index (χ1n) is 39.0. The summed E-state index contributed by atoms with van der Waals surface area (Å²) in [6.07, 6.45) is 29.8. The Labute approximate surface area is 590 Å². The highest BCUT2D eigenvalue weighted by molar-refractivity contribution is 6.21. The molecule has 0 spiro atoms. The van der Waals surface area contributed by atoms with Crippen LogP contribution in [0.1, 0.15) is 254 Å². The Hall–Kier alpha value is -8.40. The highest BCUT2D eigenvalue weighted by atomic mass is 16.3. The van der Waals surface area contributed by atoms with E-state index in [2.05, 4.69) is 248 Å². The van der Waals surface area contributed by atoms with Crippen LogP contribution in [0.3, 0.4) is 0 Å². The first-order valence-corrected chi connectivity index (χ1v) is 39.0. The largest absolute Gasteiger partial charge is 0.456 e. The van der Waals surface area contributed by atoms with Gasteiger partial charge in [-0.25, -0.2) is 0 Å². The van der Waals surface area contributed by atoms with E-state index < -0.39 is 0 Å². The number of rotatable bonds is 28. The van der Waals surface area contributed by atoms with Crippen molar-refractivity contribution in [3.8, 4) is 55.6 Å². The quantitative estimate of drug-likeness (QED) is 0.0458. The van der Waals surface area contributed by atoms with Crippen LogP contribution in [0.15, 0.2) is 197 Å². The maximum absolute atomic E-state index is 7.65. The predicted octanol–water partition coefficient (Wildman–Crippen LogP) is 29.2. The zero-order valence-electron chi connectivity index (χ0n) is 60.6. The van der Waals surface area contributed by atoms with Gasteiger partial charge >= 0.3 is 0 Å². The molecule has 3 heteroatoms. The van der Waals surface area contributed by atoms with E-state index in [9.17, 15) is 0 Å². The minimum atomic E-state index is -0.300. The van der Waals surface area contributed by atoms with Gasteiger partial charge in [0.05, 0.1) is 0 Å². The number of nitrogens with zero attached hydrogens (tertiary/aromatic N) is 1. The van der Waals surface area contributed by atoms with Gasteiger partial charge in [0.1, 0.15) is 22.3 Å². The molecule has 0 unspecified atom stereocenters. The number of furan rings is 2. The zero-order valence-corrected chi connectivity index (χ0v) is 60.6. The number of benzene rings is 10. The van der Waals surface area contributed by atoms with Gasteiger partial charge in [0.2, 0.25) is 0 Å². The first-order chi connectivity index (χ1) is 48.5. The number of fused-ring (bicyclic) bond motifs is 22. The Bertz CT molecular complexity index is 4970. The van der Waals surface area contributed by atoms with E-state index in [1.54, 1.807) is 16.7 Å². The van der Waals surface area contributed by atoms with Crippen molar-refractivity contribution in [3.63, 3.8) is 0 Å². The number of hydrogen-bond acceptors (Lipinski definition) is 3. The zero-order chi connectivity index (χ0) is 67.6. The molecule has 4 aliphatic rings. The van der Waals surface area contributed by atoms with E-state index >= 15 is 0 Å². The van der Waals surface area contributed by atoms with Crippen LogP contribution in [-0.4, -0.2) is 0 Å². The molecule has 0 N–H and O–H groups in total. The lowest BCUT2D eigenvalue weighted by Gasteiger charge is -2.40. The average molecular weight is 1300 g/mol. The van der Waals surface area contributed by atoms with E-state index in [0.717, 1.165) is 35.2 Å². The van der Waals surface area contributed by atoms with E-state index in [-0.39, 0.29) is 21.7 Å². The Kier molecular flexibility index (Phi) is 17.5. The van der Waals surface area contributed by atoms with Crippen LogP contribution in [0.25, 0.3) is 99.5 Å². The molecule has 0 atom stereocenters. The van der Waals surface area contributed by atoms with Gasteiger partial charge in [0.15, 0.2) is 0 Å². The van der Waals surface area contributed by atoms with Crippen molar-refractivity contribution in [2.24, 2.45) is 0 Å². The van der Waals surface area contributed by atoms with Gasteiger partial charge in [0.25, 0.3) is 0 Å². The highest BCUT2D eigenvalue weighted by Crippen LogP contribution is 2.68. The third-order valence-corrected chi connectivity index (χ3v) is 24.8. The molecule has 0 amide bonds. The van der Waals surface area contributed by atoms with E-state index in [1.807, 2.05) is 0 Å². The second-order valence-corrected chi connectivity index (χ2v) is 31.5. The second kappa shape index (κ2) is 26.6. The summed E-state index contributed by atoms with van der Waals surface area (Å²) in [4.78, 5) is 2.65. The molecule has 0 aliphatic heterocycles. The first kappa shape index (κ1) is 65.2. The SMILES string of the molecule is CCCCCCCC1(CCCCCCC)c2cc(N(c3cccc(-c4ccccc4)c3)c3ccc4c(c3)C(C)(C)c3cc5c(cc3-4)C(C)(C)c3ccc4oc6ccccc6c4c3-5)ccc2-c2c1c1c(c3c2oc2ccccc23)-c2ccccc2C1(CCCCCCC)CCCCCCC. The van der Waals surface area contributed by atoms with Gasteiger partial charge in [-0.05, 0) is 187 Å². The van der Waals surface area contributed by atoms with Crippen LogP contribution in [-0.2, 0) is 21.7 Å². The molecule has 0 fully saturated rings. The smallest absolute Gasteiger partial charge is 0.144 e. The molecule has 2 heterocycles. The lowest BCUT2D eigenvalue weighted by atomic mass is 9.62. The summed E-state index contributed by atoms with van der Waals surface area (Å²) in [6, 6.07) is 73.1. The summed E-state index contributed by atoms with van der Waals surface area (Å²) in [5.41, 5.74) is 32.2. The summed E-state index contributed by atoms with van der Waals surface area (Å²) in [6.45, 7) is 19.3. The van der Waals surface area contributed by atoms with Gasteiger partial charge in [-0.2, -0.15) is 0 Å². The fourth-order valence-electron chi connectivity index (χ4n) is 19.8. The van der Waals surface area contributed by atoms with Crippen LogP contribution in [0.5, 0.6) is 0 Å². The van der Waals surface area contributed by atoms with Crippen LogP contribution >= 0.6 is 0 Å². The average Bonchev–Trinajstić information content (AvgIpc) is 1.50. The Morgan fingerprint density at radius 1 is 0.293 bits per heavy atom. The monoisotopic (exact) mass is 1300 g/mol. The molecule has 0 saturated carbocycles. The molecule has 12 aromatic rings. The normalized spacial score (nSPS) is 15.2. The van der Waals surface area contributed by atoms with Crippen LogP contribution < -0.4 is 4.90 Å². The van der Waals surface area contributed by atoms with Crippen LogP contribution in [0.4, 0.5) is 17.1 Å². The maximum Gasteiger partial charge on any atom is 0.144 e. The molecule has 2 aromatic heterocycles. The molecule has 0 saturated heterocycles. The molecular weight excluding hydrogens is 1200 g/mol. The predicted molar refractivity (Wildman–Crippen MR) is 422 cm³/mol. The Morgan fingerprint density at radius 3 is 1.41 bits per heavy atom. The van der Waals surface area contributed by atoms with Gasteiger partial charge in [-0.1, -0.05) is 305 Å². The molecule has 16 rings (SSSR count).